The Kier molecular flexibility index (Phi) is 4.71. The smallest absolute Gasteiger partial charge is 0.314 e. The maximum absolute atomic E-state index is 13.0. The second-order valence-corrected chi connectivity index (χ2v) is 6.72. The summed E-state index contributed by atoms with van der Waals surface area (Å²) in [5.41, 5.74) is 0.329. The van der Waals surface area contributed by atoms with Gasteiger partial charge in [-0.1, -0.05) is 0 Å². The molecule has 1 aliphatic carbocycles. The molecule has 23 heavy (non-hydrogen) atoms. The van der Waals surface area contributed by atoms with Crippen molar-refractivity contribution in [2.75, 3.05) is 31.1 Å². The van der Waals surface area contributed by atoms with E-state index in [0.717, 1.165) is 44.5 Å². The van der Waals surface area contributed by atoms with Crippen molar-refractivity contribution in [2.45, 2.75) is 31.3 Å². The van der Waals surface area contributed by atoms with E-state index in [4.69, 9.17) is 0 Å². The van der Waals surface area contributed by atoms with Crippen molar-refractivity contribution < 1.29 is 14.3 Å². The average Bonchev–Trinajstić information content (AvgIpc) is 2.98. The van der Waals surface area contributed by atoms with Crippen LogP contribution in [0.5, 0.6) is 0 Å². The van der Waals surface area contributed by atoms with Gasteiger partial charge >= 0.3 is 6.03 Å². The number of rotatable bonds is 5. The highest BCUT2D eigenvalue weighted by atomic mass is 19.1. The number of carbonyl (C=O) groups excluding carboxylic acids is 1. The first-order chi connectivity index (χ1) is 11.0. The molecule has 0 bridgehead atoms. The van der Waals surface area contributed by atoms with Gasteiger partial charge in [-0.25, -0.2) is 9.18 Å². The van der Waals surface area contributed by atoms with Gasteiger partial charge in [0.2, 0.25) is 0 Å². The molecule has 0 radical (unpaired) electrons. The minimum Gasteiger partial charge on any atom is -0.388 e. The van der Waals surface area contributed by atoms with Crippen LogP contribution in [0.15, 0.2) is 24.3 Å². The van der Waals surface area contributed by atoms with E-state index in [9.17, 15) is 14.3 Å². The number of benzene rings is 1. The van der Waals surface area contributed by atoms with Gasteiger partial charge in [0, 0.05) is 31.9 Å². The summed E-state index contributed by atoms with van der Waals surface area (Å²) >= 11 is 0. The highest BCUT2D eigenvalue weighted by Gasteiger charge is 2.34. The molecule has 1 aromatic rings. The molecule has 1 unspecified atom stereocenters. The van der Waals surface area contributed by atoms with E-state index in [1.807, 2.05) is 0 Å². The summed E-state index contributed by atoms with van der Waals surface area (Å²) in [7, 11) is 0. The lowest BCUT2D eigenvalue weighted by Crippen LogP contribution is -2.50. The molecule has 2 aliphatic rings. The molecule has 1 saturated carbocycles. The van der Waals surface area contributed by atoms with Crippen LogP contribution in [0.25, 0.3) is 0 Å². The van der Waals surface area contributed by atoms with Gasteiger partial charge in [-0.3, -0.25) is 0 Å². The Morgan fingerprint density at radius 2 is 2.04 bits per heavy atom. The van der Waals surface area contributed by atoms with E-state index in [0.29, 0.717) is 19.0 Å². The Morgan fingerprint density at radius 1 is 1.30 bits per heavy atom. The molecule has 1 saturated heterocycles. The van der Waals surface area contributed by atoms with E-state index in [1.54, 1.807) is 12.1 Å². The van der Waals surface area contributed by atoms with Crippen LogP contribution in [0.3, 0.4) is 0 Å². The van der Waals surface area contributed by atoms with Gasteiger partial charge in [0.05, 0.1) is 5.60 Å². The molecule has 3 N–H and O–H groups in total. The maximum Gasteiger partial charge on any atom is 0.314 e. The van der Waals surface area contributed by atoms with Crippen LogP contribution < -0.4 is 15.5 Å². The SMILES string of the molecule is O=C(NCC1CCN(c2ccc(F)cc2)C1)NCC1(O)CCC1. The summed E-state index contributed by atoms with van der Waals surface area (Å²) in [6.07, 6.45) is 3.56. The predicted molar refractivity (Wildman–Crippen MR) is 86.9 cm³/mol. The fourth-order valence-corrected chi connectivity index (χ4v) is 3.19. The second-order valence-electron chi connectivity index (χ2n) is 6.72. The number of nitrogens with one attached hydrogen (secondary N) is 2. The summed E-state index contributed by atoms with van der Waals surface area (Å²) in [5.74, 6) is 0.161. The first-order valence-electron chi connectivity index (χ1n) is 8.29. The second kappa shape index (κ2) is 6.74. The highest BCUT2D eigenvalue weighted by molar-refractivity contribution is 5.73. The standard InChI is InChI=1S/C17H24FN3O2/c18-14-2-4-15(5-3-14)21-9-6-13(11-21)10-19-16(22)20-12-17(23)7-1-8-17/h2-5,13,23H,1,6-12H2,(H2,19,20,22). The lowest BCUT2D eigenvalue weighted by molar-refractivity contribution is -0.0290. The molecule has 5 nitrogen and oxygen atoms in total. The van der Waals surface area contributed by atoms with Gasteiger partial charge in [0.15, 0.2) is 0 Å². The monoisotopic (exact) mass is 321 g/mol. The Balaban J connectivity index is 1.38. The summed E-state index contributed by atoms with van der Waals surface area (Å²) in [5, 5.41) is 15.6. The van der Waals surface area contributed by atoms with Gasteiger partial charge in [-0.05, 0) is 55.9 Å². The normalized spacial score (nSPS) is 22.5. The van der Waals surface area contributed by atoms with E-state index in [1.165, 1.54) is 12.1 Å². The third-order valence-electron chi connectivity index (χ3n) is 4.89. The number of carbonyl (C=O) groups is 1. The molecular weight excluding hydrogens is 297 g/mol. The van der Waals surface area contributed by atoms with Gasteiger partial charge in [-0.2, -0.15) is 0 Å². The molecular formula is C17H24FN3O2. The molecule has 2 amide bonds. The average molecular weight is 321 g/mol. The number of halogens is 1. The molecule has 126 valence electrons. The number of hydrogen-bond acceptors (Lipinski definition) is 3. The number of aliphatic hydroxyl groups is 1. The van der Waals surface area contributed by atoms with Crippen molar-refractivity contribution in [3.63, 3.8) is 0 Å². The summed E-state index contributed by atoms with van der Waals surface area (Å²) in [6.45, 7) is 2.71. The van der Waals surface area contributed by atoms with Gasteiger partial charge in [0.1, 0.15) is 5.82 Å². The minimum atomic E-state index is -0.690. The first-order valence-corrected chi connectivity index (χ1v) is 8.29. The molecule has 1 atom stereocenters. The van der Waals surface area contributed by atoms with Crippen LogP contribution in [0.2, 0.25) is 0 Å². The van der Waals surface area contributed by atoms with Gasteiger partial charge in [-0.15, -0.1) is 0 Å². The number of hydrogen-bond donors (Lipinski definition) is 3. The van der Waals surface area contributed by atoms with Crippen molar-refractivity contribution in [3.05, 3.63) is 30.1 Å². The molecule has 6 heteroatoms. The largest absolute Gasteiger partial charge is 0.388 e. The Bertz CT molecular complexity index is 545. The van der Waals surface area contributed by atoms with Crippen molar-refractivity contribution in [3.8, 4) is 0 Å². The van der Waals surface area contributed by atoms with E-state index in [-0.39, 0.29) is 11.8 Å². The van der Waals surface area contributed by atoms with Crippen LogP contribution in [-0.2, 0) is 0 Å². The first kappa shape index (κ1) is 16.1. The molecule has 1 aromatic carbocycles. The zero-order chi connectivity index (χ0) is 16.3. The molecule has 0 aromatic heterocycles. The van der Waals surface area contributed by atoms with Crippen molar-refractivity contribution in [1.82, 2.24) is 10.6 Å². The van der Waals surface area contributed by atoms with E-state index >= 15 is 0 Å². The third kappa shape index (κ3) is 4.13. The van der Waals surface area contributed by atoms with Crippen LogP contribution in [0.4, 0.5) is 14.9 Å². The van der Waals surface area contributed by atoms with Gasteiger partial charge < -0.3 is 20.6 Å². The summed E-state index contributed by atoms with van der Waals surface area (Å²) in [6, 6.07) is 6.30. The molecule has 0 spiro atoms. The minimum absolute atomic E-state index is 0.217. The topological polar surface area (TPSA) is 64.6 Å². The molecule has 1 aliphatic heterocycles. The van der Waals surface area contributed by atoms with Crippen molar-refractivity contribution in [2.24, 2.45) is 5.92 Å². The number of amides is 2. The Labute approximate surface area is 135 Å². The van der Waals surface area contributed by atoms with Gasteiger partial charge in [0.25, 0.3) is 0 Å². The van der Waals surface area contributed by atoms with E-state index in [2.05, 4.69) is 15.5 Å². The number of urea groups is 1. The zero-order valence-electron chi connectivity index (χ0n) is 13.2. The fraction of sp³-hybridized carbons (Fsp3) is 0.588. The fourth-order valence-electron chi connectivity index (χ4n) is 3.19. The number of anilines is 1. The lowest BCUT2D eigenvalue weighted by Gasteiger charge is -2.36. The zero-order valence-corrected chi connectivity index (χ0v) is 13.2. The Hall–Kier alpha value is -1.82. The summed E-state index contributed by atoms with van der Waals surface area (Å²) in [4.78, 5) is 14.0. The molecule has 2 fully saturated rings. The van der Waals surface area contributed by atoms with E-state index < -0.39 is 5.60 Å². The molecule has 1 heterocycles. The quantitative estimate of drug-likeness (QED) is 0.776. The van der Waals surface area contributed by atoms with Crippen LogP contribution in [0.1, 0.15) is 25.7 Å². The number of nitrogens with zero attached hydrogens (tertiary/aromatic N) is 1. The maximum atomic E-state index is 13.0. The highest BCUT2D eigenvalue weighted by Crippen LogP contribution is 2.30. The third-order valence-corrected chi connectivity index (χ3v) is 4.89. The van der Waals surface area contributed by atoms with Crippen LogP contribution >= 0.6 is 0 Å². The summed E-state index contributed by atoms with van der Waals surface area (Å²) < 4.78 is 13.0. The van der Waals surface area contributed by atoms with Crippen molar-refractivity contribution in [1.29, 1.82) is 0 Å². The van der Waals surface area contributed by atoms with Crippen LogP contribution in [-0.4, -0.2) is 42.9 Å². The lowest BCUT2D eigenvalue weighted by atomic mass is 9.80. The molecule has 3 rings (SSSR count). The Morgan fingerprint density at radius 3 is 2.70 bits per heavy atom. The van der Waals surface area contributed by atoms with Crippen molar-refractivity contribution >= 4 is 11.7 Å². The van der Waals surface area contributed by atoms with Crippen LogP contribution in [0, 0.1) is 11.7 Å². The predicted octanol–water partition coefficient (Wildman–Crippen LogP) is 1.87.